The lowest BCUT2D eigenvalue weighted by Crippen LogP contribution is -2.33. The molecule has 0 fully saturated rings. The van der Waals surface area contributed by atoms with E-state index in [1.807, 2.05) is 19.9 Å². The number of rotatable bonds is 5. The van der Waals surface area contributed by atoms with Gasteiger partial charge >= 0.3 is 0 Å². The van der Waals surface area contributed by atoms with Crippen LogP contribution in [0.3, 0.4) is 0 Å². The van der Waals surface area contributed by atoms with Crippen LogP contribution in [0.15, 0.2) is 47.3 Å². The zero-order valence-electron chi connectivity index (χ0n) is 13.1. The van der Waals surface area contributed by atoms with Gasteiger partial charge in [-0.25, -0.2) is 0 Å². The van der Waals surface area contributed by atoms with Gasteiger partial charge in [0.1, 0.15) is 11.0 Å². The molecule has 120 valence electrons. The Morgan fingerprint density at radius 1 is 1.30 bits per heavy atom. The van der Waals surface area contributed by atoms with E-state index >= 15 is 0 Å². The molecule has 1 atom stereocenters. The summed E-state index contributed by atoms with van der Waals surface area (Å²) in [5.41, 5.74) is 7.44. The van der Waals surface area contributed by atoms with Crippen LogP contribution in [0, 0.1) is 6.92 Å². The van der Waals surface area contributed by atoms with Crippen molar-refractivity contribution in [2.75, 3.05) is 5.32 Å². The highest BCUT2D eigenvalue weighted by Gasteiger charge is 2.21. The fourth-order valence-electron chi connectivity index (χ4n) is 2.46. The molecule has 2 rings (SSSR count). The quantitative estimate of drug-likeness (QED) is 0.826. The number of nitrogens with one attached hydrogen (secondary N) is 1. The Morgan fingerprint density at radius 3 is 2.61 bits per heavy atom. The summed E-state index contributed by atoms with van der Waals surface area (Å²) in [5, 5.41) is 2.83. The Balaban J connectivity index is 2.29. The number of aromatic nitrogens is 1. The van der Waals surface area contributed by atoms with E-state index in [4.69, 9.17) is 18.0 Å². The third kappa shape index (κ3) is 3.84. The van der Waals surface area contributed by atoms with Gasteiger partial charge in [0.05, 0.1) is 0 Å². The second-order valence-electron chi connectivity index (χ2n) is 5.23. The van der Waals surface area contributed by atoms with Gasteiger partial charge in [-0.2, -0.15) is 0 Å². The second kappa shape index (κ2) is 7.19. The van der Waals surface area contributed by atoms with E-state index in [2.05, 4.69) is 5.32 Å². The number of benzene rings is 1. The fourth-order valence-corrected chi connectivity index (χ4v) is 2.59. The lowest BCUT2D eigenvalue weighted by molar-refractivity contribution is -0.119. The predicted octanol–water partition coefficient (Wildman–Crippen LogP) is 2.38. The topological polar surface area (TPSA) is 77.1 Å². The number of nitrogens with two attached hydrogens (primary N) is 1. The van der Waals surface area contributed by atoms with Crippen molar-refractivity contribution in [1.82, 2.24) is 4.57 Å². The van der Waals surface area contributed by atoms with Crippen molar-refractivity contribution in [1.29, 1.82) is 0 Å². The number of aryl methyl sites for hydroxylation is 1. The van der Waals surface area contributed by atoms with E-state index in [0.717, 1.165) is 5.69 Å². The van der Waals surface area contributed by atoms with E-state index in [9.17, 15) is 9.59 Å². The number of carbonyl (C=O) groups is 1. The summed E-state index contributed by atoms with van der Waals surface area (Å²) in [6.07, 6.45) is 0.506. The first kappa shape index (κ1) is 16.9. The fraction of sp³-hybridized carbons (Fsp3) is 0.235. The van der Waals surface area contributed by atoms with Gasteiger partial charge in [-0.1, -0.05) is 37.3 Å². The number of anilines is 1. The molecule has 1 amide bonds. The molecule has 1 unspecified atom stereocenters. The standard InChI is InChI=1S/C17H19N3O2S/c1-3-14(20-11(2)6-4-9-15(20)21)17(22)19-13-8-5-7-12(10-13)16(18)23/h4-10,14H,3H2,1-2H3,(H2,18,23)(H,19,22). The average Bonchev–Trinajstić information content (AvgIpc) is 2.51. The zero-order valence-corrected chi connectivity index (χ0v) is 13.9. The van der Waals surface area contributed by atoms with Crippen molar-refractivity contribution in [2.24, 2.45) is 5.73 Å². The number of hydrogen-bond acceptors (Lipinski definition) is 3. The molecule has 0 saturated heterocycles. The summed E-state index contributed by atoms with van der Waals surface area (Å²) in [6.45, 7) is 3.68. The number of pyridine rings is 1. The molecule has 1 aromatic heterocycles. The lowest BCUT2D eigenvalue weighted by atomic mass is 10.1. The molecule has 0 spiro atoms. The summed E-state index contributed by atoms with van der Waals surface area (Å²) in [7, 11) is 0. The first-order valence-electron chi connectivity index (χ1n) is 7.33. The van der Waals surface area contributed by atoms with Gasteiger partial charge in [-0.15, -0.1) is 0 Å². The van der Waals surface area contributed by atoms with Crippen molar-refractivity contribution < 1.29 is 4.79 Å². The molecule has 1 heterocycles. The Bertz CT molecular complexity index is 798. The van der Waals surface area contributed by atoms with Gasteiger partial charge in [-0.05, 0) is 31.5 Å². The van der Waals surface area contributed by atoms with Crippen LogP contribution in [-0.4, -0.2) is 15.5 Å². The third-order valence-corrected chi connectivity index (χ3v) is 3.85. The van der Waals surface area contributed by atoms with Gasteiger partial charge in [0.15, 0.2) is 0 Å². The number of amides is 1. The number of hydrogen-bond donors (Lipinski definition) is 2. The SMILES string of the molecule is CCC(C(=O)Nc1cccc(C(N)=S)c1)n1c(C)cccc1=O. The van der Waals surface area contributed by atoms with Crippen molar-refractivity contribution in [3.63, 3.8) is 0 Å². The Labute approximate surface area is 140 Å². The predicted molar refractivity (Wildman–Crippen MR) is 95.7 cm³/mol. The van der Waals surface area contributed by atoms with E-state index in [0.29, 0.717) is 17.7 Å². The van der Waals surface area contributed by atoms with Crippen LogP contribution in [0.2, 0.25) is 0 Å². The molecule has 0 saturated carbocycles. The molecule has 0 bridgehead atoms. The molecule has 0 aliphatic heterocycles. The molecule has 6 heteroatoms. The molecular weight excluding hydrogens is 310 g/mol. The Morgan fingerprint density at radius 2 is 2.00 bits per heavy atom. The molecule has 3 N–H and O–H groups in total. The lowest BCUT2D eigenvalue weighted by Gasteiger charge is -2.20. The maximum absolute atomic E-state index is 12.6. The minimum absolute atomic E-state index is 0.191. The van der Waals surface area contributed by atoms with Gasteiger partial charge < -0.3 is 15.6 Å². The van der Waals surface area contributed by atoms with Crippen molar-refractivity contribution >= 4 is 28.8 Å². The third-order valence-electron chi connectivity index (χ3n) is 3.61. The van der Waals surface area contributed by atoms with Crippen LogP contribution in [0.1, 0.15) is 30.6 Å². The molecular formula is C17H19N3O2S. The number of carbonyl (C=O) groups excluding carboxylic acids is 1. The first-order valence-corrected chi connectivity index (χ1v) is 7.73. The van der Waals surface area contributed by atoms with Crippen molar-refractivity contribution in [3.8, 4) is 0 Å². The van der Waals surface area contributed by atoms with Gasteiger partial charge in [0.2, 0.25) is 5.91 Å². The van der Waals surface area contributed by atoms with Crippen LogP contribution in [0.25, 0.3) is 0 Å². The molecule has 2 aromatic rings. The van der Waals surface area contributed by atoms with E-state index in [-0.39, 0.29) is 16.5 Å². The summed E-state index contributed by atoms with van der Waals surface area (Å²) in [6, 6.07) is 11.4. The van der Waals surface area contributed by atoms with Crippen molar-refractivity contribution in [2.45, 2.75) is 26.3 Å². The normalized spacial score (nSPS) is 11.7. The summed E-state index contributed by atoms with van der Waals surface area (Å²) in [4.78, 5) is 25.0. The molecule has 0 aliphatic rings. The number of nitrogens with zero attached hydrogens (tertiary/aromatic N) is 1. The van der Waals surface area contributed by atoms with Gasteiger partial charge in [0, 0.05) is 23.0 Å². The zero-order chi connectivity index (χ0) is 17.0. The highest BCUT2D eigenvalue weighted by atomic mass is 32.1. The second-order valence-corrected chi connectivity index (χ2v) is 5.67. The van der Waals surface area contributed by atoms with E-state index < -0.39 is 6.04 Å². The Kier molecular flexibility index (Phi) is 5.28. The first-order chi connectivity index (χ1) is 10.9. The molecule has 0 aliphatic carbocycles. The smallest absolute Gasteiger partial charge is 0.251 e. The maximum Gasteiger partial charge on any atom is 0.251 e. The number of thiocarbonyl (C=S) groups is 1. The largest absolute Gasteiger partial charge is 0.389 e. The average molecular weight is 329 g/mol. The van der Waals surface area contributed by atoms with Crippen LogP contribution in [-0.2, 0) is 4.79 Å². The molecule has 23 heavy (non-hydrogen) atoms. The van der Waals surface area contributed by atoms with Gasteiger partial charge in [0.25, 0.3) is 5.56 Å². The summed E-state index contributed by atoms with van der Waals surface area (Å²) in [5.74, 6) is -0.246. The highest BCUT2D eigenvalue weighted by molar-refractivity contribution is 7.80. The highest BCUT2D eigenvalue weighted by Crippen LogP contribution is 2.17. The molecule has 0 radical (unpaired) electrons. The minimum atomic E-state index is -0.572. The minimum Gasteiger partial charge on any atom is -0.389 e. The maximum atomic E-state index is 12.6. The van der Waals surface area contributed by atoms with Crippen LogP contribution in [0.4, 0.5) is 5.69 Å². The van der Waals surface area contributed by atoms with Crippen LogP contribution in [0.5, 0.6) is 0 Å². The van der Waals surface area contributed by atoms with E-state index in [1.54, 1.807) is 30.3 Å². The van der Waals surface area contributed by atoms with E-state index in [1.165, 1.54) is 10.6 Å². The molecule has 5 nitrogen and oxygen atoms in total. The monoisotopic (exact) mass is 329 g/mol. The van der Waals surface area contributed by atoms with Crippen molar-refractivity contribution in [3.05, 3.63) is 64.1 Å². The van der Waals surface area contributed by atoms with Crippen LogP contribution >= 0.6 is 12.2 Å². The van der Waals surface area contributed by atoms with Crippen LogP contribution < -0.4 is 16.6 Å². The summed E-state index contributed by atoms with van der Waals surface area (Å²) >= 11 is 4.94. The Hall–Kier alpha value is -2.47. The van der Waals surface area contributed by atoms with Gasteiger partial charge in [-0.3, -0.25) is 9.59 Å². The summed E-state index contributed by atoms with van der Waals surface area (Å²) < 4.78 is 1.51. The molecule has 1 aromatic carbocycles.